The number of amides is 2. The molecular formula is C13H24N2O4. The predicted molar refractivity (Wildman–Crippen MR) is 71.1 cm³/mol. The van der Waals surface area contributed by atoms with Gasteiger partial charge in [0.05, 0.1) is 12.0 Å². The fourth-order valence-electron chi connectivity index (χ4n) is 2.40. The lowest BCUT2D eigenvalue weighted by Gasteiger charge is -2.33. The molecule has 1 fully saturated rings. The fraction of sp³-hybridized carbons (Fsp3) is 0.846. The highest BCUT2D eigenvalue weighted by atomic mass is 16.5. The molecule has 0 bridgehead atoms. The number of ether oxygens (including phenoxy) is 1. The zero-order valence-corrected chi connectivity index (χ0v) is 11.8. The maximum Gasteiger partial charge on any atom is 0.317 e. The number of hydrogen-bond donors (Lipinski definition) is 2. The summed E-state index contributed by atoms with van der Waals surface area (Å²) < 4.78 is 4.90. The summed E-state index contributed by atoms with van der Waals surface area (Å²) in [5.41, 5.74) is -0.782. The molecule has 1 saturated carbocycles. The third-order valence-corrected chi connectivity index (χ3v) is 3.82. The number of nitrogens with zero attached hydrogens (tertiary/aromatic N) is 1. The van der Waals surface area contributed by atoms with Gasteiger partial charge >= 0.3 is 12.0 Å². The van der Waals surface area contributed by atoms with Crippen LogP contribution in [0, 0.1) is 5.41 Å². The van der Waals surface area contributed by atoms with E-state index >= 15 is 0 Å². The van der Waals surface area contributed by atoms with E-state index < -0.39 is 11.4 Å². The number of rotatable bonds is 6. The zero-order chi connectivity index (χ0) is 14.3. The van der Waals surface area contributed by atoms with Gasteiger partial charge in [0.2, 0.25) is 0 Å². The van der Waals surface area contributed by atoms with Gasteiger partial charge in [-0.25, -0.2) is 4.79 Å². The Morgan fingerprint density at radius 1 is 1.32 bits per heavy atom. The van der Waals surface area contributed by atoms with Crippen LogP contribution in [0.4, 0.5) is 4.79 Å². The van der Waals surface area contributed by atoms with Crippen LogP contribution < -0.4 is 5.32 Å². The van der Waals surface area contributed by atoms with E-state index in [-0.39, 0.29) is 12.6 Å². The number of nitrogens with one attached hydrogen (secondary N) is 1. The molecule has 0 aromatic rings. The van der Waals surface area contributed by atoms with Crippen molar-refractivity contribution in [3.8, 4) is 0 Å². The number of hydrogen-bond acceptors (Lipinski definition) is 3. The second kappa shape index (κ2) is 7.33. The number of methoxy groups -OCH3 is 1. The van der Waals surface area contributed by atoms with Gasteiger partial charge in [0.15, 0.2) is 0 Å². The van der Waals surface area contributed by atoms with E-state index in [2.05, 4.69) is 5.32 Å². The molecule has 6 heteroatoms. The number of carboxylic acid groups (broad SMARTS) is 1. The van der Waals surface area contributed by atoms with Crippen molar-refractivity contribution in [3.05, 3.63) is 0 Å². The van der Waals surface area contributed by atoms with Crippen molar-refractivity contribution < 1.29 is 19.4 Å². The monoisotopic (exact) mass is 272 g/mol. The maximum atomic E-state index is 11.8. The highest BCUT2D eigenvalue weighted by Crippen LogP contribution is 2.35. The van der Waals surface area contributed by atoms with Gasteiger partial charge in [-0.1, -0.05) is 19.3 Å². The average molecular weight is 272 g/mol. The molecule has 0 radical (unpaired) electrons. The molecule has 0 unspecified atom stereocenters. The Hall–Kier alpha value is -1.30. The van der Waals surface area contributed by atoms with Crippen LogP contribution in [0.2, 0.25) is 0 Å². The summed E-state index contributed by atoms with van der Waals surface area (Å²) in [5, 5.41) is 12.1. The minimum absolute atomic E-state index is 0.207. The predicted octanol–water partition coefficient (Wildman–Crippen LogP) is 1.31. The molecular weight excluding hydrogens is 248 g/mol. The lowest BCUT2D eigenvalue weighted by atomic mass is 9.74. The first-order valence-electron chi connectivity index (χ1n) is 6.73. The topological polar surface area (TPSA) is 78.9 Å². The van der Waals surface area contributed by atoms with Crippen LogP contribution in [-0.4, -0.2) is 55.9 Å². The first-order valence-corrected chi connectivity index (χ1v) is 6.73. The molecule has 0 atom stereocenters. The molecule has 110 valence electrons. The highest BCUT2D eigenvalue weighted by molar-refractivity contribution is 5.78. The van der Waals surface area contributed by atoms with Crippen LogP contribution in [0.1, 0.15) is 32.1 Å². The number of carbonyl (C=O) groups is 2. The normalized spacial score (nSPS) is 17.8. The van der Waals surface area contributed by atoms with E-state index in [9.17, 15) is 14.7 Å². The minimum atomic E-state index is -0.799. The first-order chi connectivity index (χ1) is 9.02. The van der Waals surface area contributed by atoms with Gasteiger partial charge in [-0.05, 0) is 12.8 Å². The van der Waals surface area contributed by atoms with Crippen molar-refractivity contribution in [3.63, 3.8) is 0 Å². The summed E-state index contributed by atoms with van der Waals surface area (Å²) in [4.78, 5) is 24.8. The molecule has 0 spiro atoms. The molecule has 19 heavy (non-hydrogen) atoms. The second-order valence-corrected chi connectivity index (χ2v) is 5.22. The van der Waals surface area contributed by atoms with Crippen LogP contribution >= 0.6 is 0 Å². The van der Waals surface area contributed by atoms with Gasteiger partial charge in [-0.3, -0.25) is 4.79 Å². The van der Waals surface area contributed by atoms with Gasteiger partial charge in [-0.2, -0.15) is 0 Å². The molecule has 0 heterocycles. The fourth-order valence-corrected chi connectivity index (χ4v) is 2.40. The Morgan fingerprint density at radius 2 is 1.95 bits per heavy atom. The molecule has 2 N–H and O–H groups in total. The molecule has 0 saturated heterocycles. The molecule has 1 rings (SSSR count). The third-order valence-electron chi connectivity index (χ3n) is 3.82. The number of urea groups is 1. The van der Waals surface area contributed by atoms with Crippen molar-refractivity contribution in [1.82, 2.24) is 10.2 Å². The van der Waals surface area contributed by atoms with Crippen LogP contribution in [0.3, 0.4) is 0 Å². The van der Waals surface area contributed by atoms with Gasteiger partial charge in [0.25, 0.3) is 0 Å². The van der Waals surface area contributed by atoms with Crippen molar-refractivity contribution in [2.75, 3.05) is 33.9 Å². The van der Waals surface area contributed by atoms with E-state index in [1.165, 1.54) is 4.90 Å². The molecule has 1 aliphatic carbocycles. The number of carbonyl (C=O) groups excluding carboxylic acids is 1. The van der Waals surface area contributed by atoms with E-state index in [1.54, 1.807) is 14.2 Å². The van der Waals surface area contributed by atoms with Gasteiger partial charge in [-0.15, -0.1) is 0 Å². The molecule has 1 aliphatic rings. The molecule has 0 aliphatic heterocycles. The third kappa shape index (κ3) is 4.38. The van der Waals surface area contributed by atoms with Gasteiger partial charge in [0, 0.05) is 27.2 Å². The van der Waals surface area contributed by atoms with Crippen molar-refractivity contribution >= 4 is 12.0 Å². The summed E-state index contributed by atoms with van der Waals surface area (Å²) in [6, 6.07) is -0.247. The van der Waals surface area contributed by atoms with Gasteiger partial charge in [0.1, 0.15) is 0 Å². The zero-order valence-electron chi connectivity index (χ0n) is 11.8. The summed E-state index contributed by atoms with van der Waals surface area (Å²) in [6.07, 6.45) is 4.20. The Balaban J connectivity index is 2.48. The summed E-state index contributed by atoms with van der Waals surface area (Å²) in [6.45, 7) is 1.16. The van der Waals surface area contributed by atoms with Crippen molar-refractivity contribution in [2.45, 2.75) is 32.1 Å². The van der Waals surface area contributed by atoms with Crippen molar-refractivity contribution in [1.29, 1.82) is 0 Å². The summed E-state index contributed by atoms with van der Waals surface area (Å²) in [5.74, 6) is -0.799. The van der Waals surface area contributed by atoms with E-state index in [0.29, 0.717) is 26.0 Å². The largest absolute Gasteiger partial charge is 0.481 e. The summed E-state index contributed by atoms with van der Waals surface area (Å²) in [7, 11) is 3.25. The van der Waals surface area contributed by atoms with E-state index in [1.807, 2.05) is 0 Å². The van der Waals surface area contributed by atoms with Crippen LogP contribution in [0.5, 0.6) is 0 Å². The molecule has 2 amide bonds. The van der Waals surface area contributed by atoms with E-state index in [4.69, 9.17) is 4.74 Å². The first kappa shape index (κ1) is 15.8. The molecule has 6 nitrogen and oxygen atoms in total. The quantitative estimate of drug-likeness (QED) is 0.764. The standard InChI is InChI=1S/C13H24N2O4/c1-15(8-9-19-2)12(18)14-10-13(11(16)17)6-4-3-5-7-13/h3-10H2,1-2H3,(H,14,18)(H,16,17). The van der Waals surface area contributed by atoms with Gasteiger partial charge < -0.3 is 20.1 Å². The Morgan fingerprint density at radius 3 is 2.47 bits per heavy atom. The molecule has 0 aromatic heterocycles. The number of aliphatic carboxylic acids is 1. The average Bonchev–Trinajstić information content (AvgIpc) is 2.42. The Kier molecular flexibility index (Phi) is 6.08. The van der Waals surface area contributed by atoms with E-state index in [0.717, 1.165) is 19.3 Å². The number of likely N-dealkylation sites (N-methyl/N-ethyl adjacent to an activating group) is 1. The Labute approximate surface area is 114 Å². The SMILES string of the molecule is COCCN(C)C(=O)NCC1(C(=O)O)CCCCC1. The second-order valence-electron chi connectivity index (χ2n) is 5.22. The Bertz CT molecular complexity index is 314. The highest BCUT2D eigenvalue weighted by Gasteiger charge is 2.39. The lowest BCUT2D eigenvalue weighted by molar-refractivity contribution is -0.150. The smallest absolute Gasteiger partial charge is 0.317 e. The number of carboxylic acids is 1. The van der Waals surface area contributed by atoms with Crippen molar-refractivity contribution in [2.24, 2.45) is 5.41 Å². The lowest BCUT2D eigenvalue weighted by Crippen LogP contribution is -2.48. The molecule has 0 aromatic carbocycles. The van der Waals surface area contributed by atoms with Crippen LogP contribution in [0.15, 0.2) is 0 Å². The van der Waals surface area contributed by atoms with Crippen LogP contribution in [0.25, 0.3) is 0 Å². The summed E-state index contributed by atoms with van der Waals surface area (Å²) >= 11 is 0. The minimum Gasteiger partial charge on any atom is -0.481 e. The maximum absolute atomic E-state index is 11.8. The van der Waals surface area contributed by atoms with Crippen LogP contribution in [-0.2, 0) is 9.53 Å².